The summed E-state index contributed by atoms with van der Waals surface area (Å²) in [4.78, 5) is 3.37. The van der Waals surface area contributed by atoms with E-state index in [2.05, 4.69) is 18.1 Å². The van der Waals surface area contributed by atoms with E-state index >= 15 is 0 Å². The highest BCUT2D eigenvalue weighted by molar-refractivity contribution is 7.89. The average Bonchev–Trinajstić information content (AvgIpc) is 2.90. The van der Waals surface area contributed by atoms with Gasteiger partial charge in [0.25, 0.3) is 0 Å². The second-order valence-corrected chi connectivity index (χ2v) is 5.60. The van der Waals surface area contributed by atoms with Crippen LogP contribution >= 0.6 is 0 Å². The molecule has 0 amide bonds. The summed E-state index contributed by atoms with van der Waals surface area (Å²) in [7, 11) is -1.64. The van der Waals surface area contributed by atoms with Crippen molar-refractivity contribution in [3.8, 4) is 0 Å². The van der Waals surface area contributed by atoms with Gasteiger partial charge in [0.2, 0.25) is 0 Å². The lowest BCUT2D eigenvalue weighted by Crippen LogP contribution is -2.06. The van der Waals surface area contributed by atoms with Crippen molar-refractivity contribution in [2.24, 2.45) is 0 Å². The minimum Gasteiger partial charge on any atom is -0.360 e. The molecule has 110 valence electrons. The van der Waals surface area contributed by atoms with Crippen LogP contribution in [0.15, 0.2) is 65.6 Å². The minimum atomic E-state index is -4.46. The van der Waals surface area contributed by atoms with Gasteiger partial charge in [0, 0.05) is 16.5 Å². The maximum atomic E-state index is 12.9. The molecule has 0 fully saturated rings. The number of fused-ring (bicyclic) bond motifs is 1. The third-order valence-electron chi connectivity index (χ3n) is 2.89. The predicted molar refractivity (Wildman–Crippen MR) is 78.2 cm³/mol. The first-order valence-corrected chi connectivity index (χ1v) is 7.09. The van der Waals surface area contributed by atoms with E-state index in [0.29, 0.717) is 4.91 Å². The molecule has 2 rings (SSSR count). The number of H-pyrrole nitrogens is 1. The molecule has 0 aliphatic heterocycles. The van der Waals surface area contributed by atoms with Gasteiger partial charge in [0.05, 0.1) is 26.8 Å². The normalized spacial score (nSPS) is 14.1. The van der Waals surface area contributed by atoms with Gasteiger partial charge >= 0.3 is 6.18 Å². The number of hydrogen-bond acceptors (Lipinski definition) is 1. The van der Waals surface area contributed by atoms with Gasteiger partial charge in [-0.2, -0.15) is 13.2 Å². The molecule has 1 N–H and O–H groups in total. The Bertz CT molecular complexity index is 756. The Hall–Kier alpha value is -2.08. The van der Waals surface area contributed by atoms with Gasteiger partial charge in [-0.25, -0.2) is 4.21 Å². The summed E-state index contributed by atoms with van der Waals surface area (Å²) < 4.78 is 51.3. The highest BCUT2D eigenvalue weighted by Crippen LogP contribution is 2.37. The van der Waals surface area contributed by atoms with Gasteiger partial charge in [-0.15, -0.1) is 0 Å². The van der Waals surface area contributed by atoms with Crippen molar-refractivity contribution in [2.45, 2.75) is 11.1 Å². The van der Waals surface area contributed by atoms with Gasteiger partial charge in [-0.05, 0) is 24.3 Å². The van der Waals surface area contributed by atoms with Crippen LogP contribution < -0.4 is 0 Å². The highest BCUT2D eigenvalue weighted by atomic mass is 32.2. The van der Waals surface area contributed by atoms with E-state index in [1.807, 2.05) is 0 Å². The first kappa shape index (κ1) is 15.3. The molecule has 2 nitrogen and oxygen atoms in total. The third-order valence-corrected chi connectivity index (χ3v) is 4.36. The number of aromatic nitrogens is 1. The fourth-order valence-corrected chi connectivity index (χ4v) is 3.15. The van der Waals surface area contributed by atoms with Crippen LogP contribution in [0.1, 0.15) is 5.56 Å². The van der Waals surface area contributed by atoms with Crippen LogP contribution in [0.4, 0.5) is 13.2 Å². The summed E-state index contributed by atoms with van der Waals surface area (Å²) in [5.41, 5.74) is -0.549. The summed E-state index contributed by atoms with van der Waals surface area (Å²) in [5, 5.41) is -0.00429. The average molecular weight is 311 g/mol. The largest absolute Gasteiger partial charge is 0.417 e. The fourth-order valence-electron chi connectivity index (χ4n) is 1.98. The van der Waals surface area contributed by atoms with E-state index < -0.39 is 22.5 Å². The van der Waals surface area contributed by atoms with Crippen molar-refractivity contribution in [2.75, 3.05) is 0 Å². The first-order chi connectivity index (χ1) is 9.90. The second-order valence-electron chi connectivity index (χ2n) is 4.15. The van der Waals surface area contributed by atoms with E-state index in [9.17, 15) is 17.4 Å². The molecule has 21 heavy (non-hydrogen) atoms. The number of rotatable bonds is 4. The number of allylic oxidation sites excluding steroid dienone is 3. The lowest BCUT2D eigenvalue weighted by atomic mass is 10.1. The van der Waals surface area contributed by atoms with Crippen molar-refractivity contribution >= 4 is 21.7 Å². The Kier molecular flexibility index (Phi) is 4.18. The van der Waals surface area contributed by atoms with E-state index in [0.717, 1.165) is 6.07 Å². The highest BCUT2D eigenvalue weighted by Gasteiger charge is 2.33. The lowest BCUT2D eigenvalue weighted by Gasteiger charge is -2.11. The number of aromatic amines is 1. The number of benzene rings is 1. The molecular formula is C15H12F3NOS. The van der Waals surface area contributed by atoms with E-state index in [4.69, 9.17) is 0 Å². The molecule has 1 aromatic heterocycles. The Labute approximate surface area is 122 Å². The van der Waals surface area contributed by atoms with Crippen LogP contribution in [0, 0.1) is 0 Å². The van der Waals surface area contributed by atoms with Crippen molar-refractivity contribution in [3.63, 3.8) is 0 Å². The van der Waals surface area contributed by atoms with Crippen molar-refractivity contribution in [3.05, 3.63) is 66.3 Å². The van der Waals surface area contributed by atoms with Gasteiger partial charge in [-0.1, -0.05) is 25.3 Å². The standard InChI is InChI=1S/C15H12F3NOS/c1-3-5-10(4-2)21(20)13-7-6-12(15(16,17)18)11-8-9-19-14(11)13/h3-9,19H,1-2H2/b10-5+. The summed E-state index contributed by atoms with van der Waals surface area (Å²) in [5.74, 6) is 0. The van der Waals surface area contributed by atoms with Crippen LogP contribution in [0.25, 0.3) is 10.9 Å². The molecular weight excluding hydrogens is 299 g/mol. The maximum Gasteiger partial charge on any atom is 0.417 e. The number of nitrogens with one attached hydrogen (secondary N) is 1. The predicted octanol–water partition coefficient (Wildman–Crippen LogP) is 4.55. The molecule has 1 unspecified atom stereocenters. The Morgan fingerprint density at radius 1 is 1.24 bits per heavy atom. The van der Waals surface area contributed by atoms with E-state index in [1.54, 1.807) is 0 Å². The maximum absolute atomic E-state index is 12.9. The van der Waals surface area contributed by atoms with Gasteiger partial charge in [0.15, 0.2) is 0 Å². The molecule has 0 bridgehead atoms. The molecule has 1 aromatic carbocycles. The SMILES string of the molecule is C=C/C=C(\C=C)S(=O)c1ccc(C(F)(F)F)c2cc[nH]c12. The summed E-state index contributed by atoms with van der Waals surface area (Å²) in [6.45, 7) is 7.06. The van der Waals surface area contributed by atoms with Crippen LogP contribution in [-0.4, -0.2) is 9.19 Å². The summed E-state index contributed by atoms with van der Waals surface area (Å²) in [6.07, 6.45) is 1.29. The summed E-state index contributed by atoms with van der Waals surface area (Å²) >= 11 is 0. The molecule has 1 heterocycles. The quantitative estimate of drug-likeness (QED) is 0.826. The molecule has 1 atom stereocenters. The summed E-state index contributed by atoms with van der Waals surface area (Å²) in [6, 6.07) is 3.49. The van der Waals surface area contributed by atoms with Crippen molar-refractivity contribution in [1.82, 2.24) is 4.98 Å². The van der Waals surface area contributed by atoms with Gasteiger partial charge in [0.1, 0.15) is 0 Å². The van der Waals surface area contributed by atoms with E-state index in [1.165, 1.54) is 36.6 Å². The van der Waals surface area contributed by atoms with Crippen LogP contribution in [0.5, 0.6) is 0 Å². The topological polar surface area (TPSA) is 32.9 Å². The second kappa shape index (κ2) is 5.73. The van der Waals surface area contributed by atoms with Gasteiger partial charge in [-0.3, -0.25) is 0 Å². The third kappa shape index (κ3) is 2.85. The van der Waals surface area contributed by atoms with Crippen LogP contribution in [0.2, 0.25) is 0 Å². The number of alkyl halides is 3. The zero-order chi connectivity index (χ0) is 15.6. The Morgan fingerprint density at radius 2 is 1.95 bits per heavy atom. The first-order valence-electron chi connectivity index (χ1n) is 5.94. The minimum absolute atomic E-state index is 0.00429. The molecule has 0 aliphatic carbocycles. The molecule has 0 radical (unpaired) electrons. The lowest BCUT2D eigenvalue weighted by molar-refractivity contribution is -0.136. The number of halogens is 3. The molecule has 2 aromatic rings. The number of hydrogen-bond donors (Lipinski definition) is 1. The van der Waals surface area contributed by atoms with Crippen molar-refractivity contribution in [1.29, 1.82) is 0 Å². The van der Waals surface area contributed by atoms with E-state index in [-0.39, 0.29) is 15.8 Å². The molecule has 0 saturated heterocycles. The Morgan fingerprint density at radius 3 is 2.52 bits per heavy atom. The molecule has 0 spiro atoms. The smallest absolute Gasteiger partial charge is 0.360 e. The fraction of sp³-hybridized carbons (Fsp3) is 0.0667. The molecule has 0 aliphatic rings. The van der Waals surface area contributed by atoms with Crippen molar-refractivity contribution < 1.29 is 17.4 Å². The van der Waals surface area contributed by atoms with Crippen LogP contribution in [-0.2, 0) is 17.0 Å². The molecule has 6 heteroatoms. The zero-order valence-electron chi connectivity index (χ0n) is 10.9. The molecule has 0 saturated carbocycles. The zero-order valence-corrected chi connectivity index (χ0v) is 11.7. The Balaban J connectivity index is 2.66. The monoisotopic (exact) mass is 311 g/mol. The van der Waals surface area contributed by atoms with Gasteiger partial charge < -0.3 is 4.98 Å². The van der Waals surface area contributed by atoms with Crippen LogP contribution in [0.3, 0.4) is 0 Å².